The molecule has 112 valence electrons. The van der Waals surface area contributed by atoms with Crippen LogP contribution in [0.15, 0.2) is 16.7 Å². The van der Waals surface area contributed by atoms with Crippen molar-refractivity contribution in [2.24, 2.45) is 0 Å². The Bertz CT molecular complexity index is 477. The second kappa shape index (κ2) is 7.13. The summed E-state index contributed by atoms with van der Waals surface area (Å²) in [6, 6.07) is 1.86. The molecule has 0 radical (unpaired) electrons. The third kappa shape index (κ3) is 6.43. The van der Waals surface area contributed by atoms with Crippen LogP contribution in [0.4, 0.5) is 10.5 Å². The van der Waals surface area contributed by atoms with Gasteiger partial charge in [0.1, 0.15) is 10.8 Å². The summed E-state index contributed by atoms with van der Waals surface area (Å²) in [5.41, 5.74) is 0.325. The Morgan fingerprint density at radius 2 is 2.20 bits per heavy atom. The SMILES string of the molecule is CC(CNC(=O)OC(C)(C)C)Nc1cnc(Cl)c(Br)c1. The van der Waals surface area contributed by atoms with Crippen molar-refractivity contribution >= 4 is 39.3 Å². The maximum atomic E-state index is 11.5. The van der Waals surface area contributed by atoms with Crippen molar-refractivity contribution in [3.8, 4) is 0 Å². The fourth-order valence-corrected chi connectivity index (χ4v) is 1.84. The van der Waals surface area contributed by atoms with Gasteiger partial charge in [-0.2, -0.15) is 0 Å². The highest BCUT2D eigenvalue weighted by Gasteiger charge is 2.16. The molecule has 1 aromatic rings. The average Bonchev–Trinajstić information content (AvgIpc) is 2.29. The molecule has 1 heterocycles. The Morgan fingerprint density at radius 3 is 2.75 bits per heavy atom. The Balaban J connectivity index is 2.42. The summed E-state index contributed by atoms with van der Waals surface area (Å²) in [5, 5.41) is 6.32. The molecule has 20 heavy (non-hydrogen) atoms. The van der Waals surface area contributed by atoms with Gasteiger partial charge in [-0.25, -0.2) is 9.78 Å². The molecular weight excluding hydrogens is 346 g/mol. The quantitative estimate of drug-likeness (QED) is 0.797. The van der Waals surface area contributed by atoms with E-state index >= 15 is 0 Å². The zero-order chi connectivity index (χ0) is 15.3. The maximum absolute atomic E-state index is 11.5. The molecule has 0 fully saturated rings. The van der Waals surface area contributed by atoms with Crippen LogP contribution in [0, 0.1) is 0 Å². The number of nitrogens with one attached hydrogen (secondary N) is 2. The molecule has 1 aromatic heterocycles. The molecule has 0 bridgehead atoms. The number of pyridine rings is 1. The molecular formula is C13H19BrClN3O2. The smallest absolute Gasteiger partial charge is 0.407 e. The van der Waals surface area contributed by atoms with Gasteiger partial charge in [-0.15, -0.1) is 0 Å². The van der Waals surface area contributed by atoms with Crippen LogP contribution in [0.2, 0.25) is 5.15 Å². The minimum Gasteiger partial charge on any atom is -0.444 e. The standard InChI is InChI=1S/C13H19BrClN3O2/c1-8(6-17-12(19)20-13(2,3)4)18-9-5-10(14)11(15)16-7-9/h5,7-8,18H,6H2,1-4H3,(H,17,19). The van der Waals surface area contributed by atoms with Crippen molar-refractivity contribution in [2.75, 3.05) is 11.9 Å². The van der Waals surface area contributed by atoms with Gasteiger partial charge in [-0.1, -0.05) is 11.6 Å². The van der Waals surface area contributed by atoms with Crippen LogP contribution in [0.5, 0.6) is 0 Å². The van der Waals surface area contributed by atoms with Gasteiger partial charge in [0.05, 0.1) is 16.4 Å². The lowest BCUT2D eigenvalue weighted by Crippen LogP contribution is -2.38. The summed E-state index contributed by atoms with van der Waals surface area (Å²) in [6.07, 6.45) is 1.21. The number of alkyl carbamates (subject to hydrolysis) is 1. The molecule has 7 heteroatoms. The van der Waals surface area contributed by atoms with Gasteiger partial charge in [0.15, 0.2) is 0 Å². The lowest BCUT2D eigenvalue weighted by atomic mass is 10.2. The Hall–Kier alpha value is -1.01. The van der Waals surface area contributed by atoms with E-state index in [9.17, 15) is 4.79 Å². The van der Waals surface area contributed by atoms with Gasteiger partial charge < -0.3 is 15.4 Å². The number of carbonyl (C=O) groups excluding carboxylic acids is 1. The highest BCUT2D eigenvalue weighted by molar-refractivity contribution is 9.10. The molecule has 0 aliphatic heterocycles. The number of halogens is 2. The Labute approximate surface area is 132 Å². The number of hydrogen-bond donors (Lipinski definition) is 2. The molecule has 2 N–H and O–H groups in total. The largest absolute Gasteiger partial charge is 0.444 e. The van der Waals surface area contributed by atoms with E-state index in [-0.39, 0.29) is 6.04 Å². The Morgan fingerprint density at radius 1 is 1.55 bits per heavy atom. The van der Waals surface area contributed by atoms with Crippen LogP contribution in [-0.4, -0.2) is 29.3 Å². The zero-order valence-corrected chi connectivity index (χ0v) is 14.3. The zero-order valence-electron chi connectivity index (χ0n) is 12.0. The lowest BCUT2D eigenvalue weighted by molar-refractivity contribution is 0.0526. The molecule has 0 spiro atoms. The first-order valence-electron chi connectivity index (χ1n) is 6.22. The summed E-state index contributed by atoms with van der Waals surface area (Å²) in [6.45, 7) is 7.86. The number of ether oxygens (including phenoxy) is 1. The number of rotatable bonds is 4. The molecule has 5 nitrogen and oxygen atoms in total. The van der Waals surface area contributed by atoms with Crippen LogP contribution in [0.3, 0.4) is 0 Å². The van der Waals surface area contributed by atoms with Crippen molar-refractivity contribution < 1.29 is 9.53 Å². The number of aromatic nitrogens is 1. The van der Waals surface area contributed by atoms with E-state index in [0.29, 0.717) is 11.7 Å². The highest BCUT2D eigenvalue weighted by atomic mass is 79.9. The fourth-order valence-electron chi connectivity index (χ4n) is 1.39. The first-order valence-corrected chi connectivity index (χ1v) is 7.39. The van der Waals surface area contributed by atoms with Crippen LogP contribution in [0.1, 0.15) is 27.7 Å². The van der Waals surface area contributed by atoms with Gasteiger partial charge in [0.2, 0.25) is 0 Å². The third-order valence-corrected chi connectivity index (χ3v) is 3.29. The van der Waals surface area contributed by atoms with Crippen molar-refractivity contribution in [1.29, 1.82) is 0 Å². The van der Waals surface area contributed by atoms with Gasteiger partial charge >= 0.3 is 6.09 Å². The van der Waals surface area contributed by atoms with E-state index in [1.165, 1.54) is 0 Å². The number of amides is 1. The summed E-state index contributed by atoms with van der Waals surface area (Å²) in [5.74, 6) is 0. The number of nitrogens with zero attached hydrogens (tertiary/aromatic N) is 1. The fraction of sp³-hybridized carbons (Fsp3) is 0.538. The summed E-state index contributed by atoms with van der Waals surface area (Å²) < 4.78 is 5.88. The monoisotopic (exact) mass is 363 g/mol. The van der Waals surface area contributed by atoms with Crippen LogP contribution in [0.25, 0.3) is 0 Å². The topological polar surface area (TPSA) is 63.2 Å². The second-order valence-corrected chi connectivity index (χ2v) is 6.64. The van der Waals surface area contributed by atoms with Crippen molar-refractivity contribution in [3.63, 3.8) is 0 Å². The number of hydrogen-bond acceptors (Lipinski definition) is 4. The first-order chi connectivity index (χ1) is 9.17. The van der Waals surface area contributed by atoms with E-state index in [0.717, 1.165) is 10.2 Å². The van der Waals surface area contributed by atoms with Crippen LogP contribution >= 0.6 is 27.5 Å². The molecule has 1 rings (SSSR count). The molecule has 1 unspecified atom stereocenters. The summed E-state index contributed by atoms with van der Waals surface area (Å²) >= 11 is 9.13. The number of carbonyl (C=O) groups is 1. The predicted octanol–water partition coefficient (Wildman–Crippen LogP) is 3.82. The summed E-state index contributed by atoms with van der Waals surface area (Å²) in [7, 11) is 0. The minimum atomic E-state index is -0.494. The number of anilines is 1. The van der Waals surface area contributed by atoms with Crippen LogP contribution < -0.4 is 10.6 Å². The molecule has 1 amide bonds. The molecule has 0 aromatic carbocycles. The summed E-state index contributed by atoms with van der Waals surface area (Å²) in [4.78, 5) is 15.5. The molecule has 0 aliphatic rings. The maximum Gasteiger partial charge on any atom is 0.407 e. The first kappa shape index (κ1) is 17.0. The van der Waals surface area contributed by atoms with Crippen molar-refractivity contribution in [2.45, 2.75) is 39.3 Å². The Kier molecular flexibility index (Phi) is 6.07. The van der Waals surface area contributed by atoms with E-state index in [1.54, 1.807) is 6.20 Å². The lowest BCUT2D eigenvalue weighted by Gasteiger charge is -2.21. The van der Waals surface area contributed by atoms with Gasteiger partial charge in [-0.05, 0) is 49.7 Å². The van der Waals surface area contributed by atoms with Gasteiger partial charge in [0.25, 0.3) is 0 Å². The predicted molar refractivity (Wildman–Crippen MR) is 84.3 cm³/mol. The van der Waals surface area contributed by atoms with Gasteiger partial charge in [0, 0.05) is 12.6 Å². The van der Waals surface area contributed by atoms with E-state index in [4.69, 9.17) is 16.3 Å². The molecule has 0 aliphatic carbocycles. The molecule has 0 saturated heterocycles. The van der Waals surface area contributed by atoms with E-state index in [2.05, 4.69) is 31.5 Å². The van der Waals surface area contributed by atoms with E-state index < -0.39 is 11.7 Å². The second-order valence-electron chi connectivity index (χ2n) is 5.42. The molecule has 0 saturated carbocycles. The molecule has 1 atom stereocenters. The average molecular weight is 365 g/mol. The normalized spacial score (nSPS) is 12.7. The van der Waals surface area contributed by atoms with Crippen molar-refractivity contribution in [1.82, 2.24) is 10.3 Å². The highest BCUT2D eigenvalue weighted by Crippen LogP contribution is 2.23. The van der Waals surface area contributed by atoms with Crippen LogP contribution in [-0.2, 0) is 4.74 Å². The van der Waals surface area contributed by atoms with E-state index in [1.807, 2.05) is 33.8 Å². The minimum absolute atomic E-state index is 0.0254. The third-order valence-electron chi connectivity index (χ3n) is 2.16. The van der Waals surface area contributed by atoms with Crippen molar-refractivity contribution in [3.05, 3.63) is 21.9 Å². The van der Waals surface area contributed by atoms with Gasteiger partial charge in [-0.3, -0.25) is 0 Å².